The minimum atomic E-state index is -0.256. The molecule has 0 aliphatic heterocycles. The van der Waals surface area contributed by atoms with Crippen molar-refractivity contribution >= 4 is 51.2 Å². The van der Waals surface area contributed by atoms with Crippen LogP contribution in [0.3, 0.4) is 0 Å². The van der Waals surface area contributed by atoms with Gasteiger partial charge >= 0.3 is 0 Å². The summed E-state index contributed by atoms with van der Waals surface area (Å²) in [7, 11) is 0. The standard InChI is InChI=1S/C13H10FIN2S/c14-9-5-3-7-11(12(9)15)17-10-6-2-1-4-8(10)13(16)18/h1-7,17H,(H2,16,18). The number of nitrogens with two attached hydrogens (primary N) is 1. The van der Waals surface area contributed by atoms with Crippen molar-refractivity contribution < 1.29 is 4.39 Å². The molecule has 0 saturated heterocycles. The van der Waals surface area contributed by atoms with Gasteiger partial charge in [0, 0.05) is 11.3 Å². The maximum Gasteiger partial charge on any atom is 0.138 e. The van der Waals surface area contributed by atoms with Crippen molar-refractivity contribution in [3.63, 3.8) is 0 Å². The predicted molar refractivity (Wildman–Crippen MR) is 84.7 cm³/mol. The van der Waals surface area contributed by atoms with Gasteiger partial charge in [0.2, 0.25) is 0 Å². The molecule has 2 rings (SSSR count). The van der Waals surface area contributed by atoms with E-state index in [1.165, 1.54) is 6.07 Å². The average molecular weight is 372 g/mol. The van der Waals surface area contributed by atoms with Crippen molar-refractivity contribution in [1.29, 1.82) is 0 Å². The maximum absolute atomic E-state index is 13.4. The highest BCUT2D eigenvalue weighted by Crippen LogP contribution is 2.26. The molecule has 0 fully saturated rings. The number of rotatable bonds is 3. The molecule has 2 aromatic carbocycles. The van der Waals surface area contributed by atoms with Gasteiger partial charge in [-0.25, -0.2) is 4.39 Å². The Labute approximate surface area is 124 Å². The molecular weight excluding hydrogens is 362 g/mol. The third kappa shape index (κ3) is 2.78. The molecular formula is C13H10FIN2S. The van der Waals surface area contributed by atoms with Crippen LogP contribution in [0.5, 0.6) is 0 Å². The van der Waals surface area contributed by atoms with Crippen molar-refractivity contribution in [1.82, 2.24) is 0 Å². The zero-order valence-electron chi connectivity index (χ0n) is 9.28. The van der Waals surface area contributed by atoms with Crippen LogP contribution in [-0.4, -0.2) is 4.99 Å². The van der Waals surface area contributed by atoms with Gasteiger partial charge in [-0.3, -0.25) is 0 Å². The van der Waals surface area contributed by atoms with Gasteiger partial charge in [0.15, 0.2) is 0 Å². The molecule has 0 saturated carbocycles. The molecule has 5 heteroatoms. The fourth-order valence-electron chi connectivity index (χ4n) is 1.55. The molecule has 0 aliphatic carbocycles. The first-order chi connectivity index (χ1) is 8.59. The Morgan fingerprint density at radius 3 is 2.50 bits per heavy atom. The summed E-state index contributed by atoms with van der Waals surface area (Å²) >= 11 is 6.95. The Balaban J connectivity index is 2.40. The minimum Gasteiger partial charge on any atom is -0.389 e. The van der Waals surface area contributed by atoms with Crippen molar-refractivity contribution in [2.45, 2.75) is 0 Å². The normalized spacial score (nSPS) is 10.1. The van der Waals surface area contributed by atoms with E-state index in [0.717, 1.165) is 11.3 Å². The van der Waals surface area contributed by atoms with E-state index in [1.807, 2.05) is 46.9 Å². The van der Waals surface area contributed by atoms with Gasteiger partial charge in [-0.05, 0) is 46.9 Å². The van der Waals surface area contributed by atoms with Gasteiger partial charge in [0.05, 0.1) is 9.26 Å². The monoisotopic (exact) mass is 372 g/mol. The summed E-state index contributed by atoms with van der Waals surface area (Å²) in [6.45, 7) is 0. The molecule has 0 radical (unpaired) electrons. The second-order valence-corrected chi connectivity index (χ2v) is 5.15. The molecule has 0 bridgehead atoms. The first-order valence-corrected chi connectivity index (χ1v) is 6.68. The molecule has 3 N–H and O–H groups in total. The van der Waals surface area contributed by atoms with E-state index in [0.29, 0.717) is 14.2 Å². The smallest absolute Gasteiger partial charge is 0.138 e. The van der Waals surface area contributed by atoms with Crippen molar-refractivity contribution in [3.8, 4) is 0 Å². The second-order valence-electron chi connectivity index (χ2n) is 3.64. The molecule has 2 aromatic rings. The number of anilines is 2. The summed E-state index contributed by atoms with van der Waals surface area (Å²) in [5.41, 5.74) is 7.86. The van der Waals surface area contributed by atoms with E-state index < -0.39 is 0 Å². The lowest BCUT2D eigenvalue weighted by atomic mass is 10.1. The van der Waals surface area contributed by atoms with Crippen LogP contribution in [0.1, 0.15) is 5.56 Å². The number of nitrogens with one attached hydrogen (secondary N) is 1. The Morgan fingerprint density at radius 1 is 1.11 bits per heavy atom. The van der Waals surface area contributed by atoms with E-state index in [4.69, 9.17) is 18.0 Å². The quantitative estimate of drug-likeness (QED) is 0.636. The number of halogens is 2. The van der Waals surface area contributed by atoms with Gasteiger partial charge in [0.1, 0.15) is 10.8 Å². The second kappa shape index (κ2) is 5.62. The maximum atomic E-state index is 13.4. The van der Waals surface area contributed by atoms with Crippen molar-refractivity contribution in [3.05, 3.63) is 57.4 Å². The molecule has 0 amide bonds. The molecule has 0 aromatic heterocycles. The number of hydrogen-bond acceptors (Lipinski definition) is 2. The molecule has 0 heterocycles. The zero-order chi connectivity index (χ0) is 13.1. The third-order valence-electron chi connectivity index (χ3n) is 2.41. The van der Waals surface area contributed by atoms with E-state index in [9.17, 15) is 4.39 Å². The van der Waals surface area contributed by atoms with Crippen LogP contribution in [-0.2, 0) is 0 Å². The van der Waals surface area contributed by atoms with Gasteiger partial charge in [-0.15, -0.1) is 0 Å². The van der Waals surface area contributed by atoms with Crippen molar-refractivity contribution in [2.24, 2.45) is 5.73 Å². The molecule has 0 aliphatic rings. The molecule has 0 spiro atoms. The largest absolute Gasteiger partial charge is 0.389 e. The van der Waals surface area contributed by atoms with Crippen LogP contribution < -0.4 is 11.1 Å². The highest BCUT2D eigenvalue weighted by molar-refractivity contribution is 14.1. The van der Waals surface area contributed by atoms with Crippen molar-refractivity contribution in [2.75, 3.05) is 5.32 Å². The summed E-state index contributed by atoms with van der Waals surface area (Å²) in [6, 6.07) is 12.3. The Kier molecular flexibility index (Phi) is 4.13. The summed E-state index contributed by atoms with van der Waals surface area (Å²) in [6.07, 6.45) is 0. The van der Waals surface area contributed by atoms with Crippen LogP contribution >= 0.6 is 34.8 Å². The lowest BCUT2D eigenvalue weighted by Gasteiger charge is -2.12. The molecule has 2 nitrogen and oxygen atoms in total. The highest BCUT2D eigenvalue weighted by Gasteiger charge is 2.08. The fourth-order valence-corrected chi connectivity index (χ4v) is 2.22. The van der Waals surface area contributed by atoms with E-state index in [1.54, 1.807) is 12.1 Å². The van der Waals surface area contributed by atoms with Gasteiger partial charge in [-0.2, -0.15) is 0 Å². The predicted octanol–water partition coefficient (Wildman–Crippen LogP) is 3.81. The summed E-state index contributed by atoms with van der Waals surface area (Å²) in [4.78, 5) is 0.310. The van der Waals surface area contributed by atoms with Crippen LogP contribution in [0.15, 0.2) is 42.5 Å². The zero-order valence-corrected chi connectivity index (χ0v) is 12.3. The summed E-state index contributed by atoms with van der Waals surface area (Å²) in [5, 5.41) is 3.15. The van der Waals surface area contributed by atoms with E-state index in [2.05, 4.69) is 5.32 Å². The lowest BCUT2D eigenvalue weighted by molar-refractivity contribution is 0.621. The van der Waals surface area contributed by atoms with E-state index >= 15 is 0 Å². The number of hydrogen-bond donors (Lipinski definition) is 2. The van der Waals surface area contributed by atoms with Gasteiger partial charge in [-0.1, -0.05) is 30.4 Å². The molecule has 18 heavy (non-hydrogen) atoms. The van der Waals surface area contributed by atoms with Crippen LogP contribution in [0.25, 0.3) is 0 Å². The average Bonchev–Trinajstić information content (AvgIpc) is 2.35. The number of thiocarbonyl (C=S) groups is 1. The lowest BCUT2D eigenvalue weighted by Crippen LogP contribution is -2.12. The SMILES string of the molecule is NC(=S)c1ccccc1Nc1cccc(F)c1I. The molecule has 0 unspecified atom stereocenters. The fraction of sp³-hybridized carbons (Fsp3) is 0. The first-order valence-electron chi connectivity index (χ1n) is 5.19. The Morgan fingerprint density at radius 2 is 1.78 bits per heavy atom. The minimum absolute atomic E-state index is 0.256. The third-order valence-corrected chi connectivity index (χ3v) is 3.73. The summed E-state index contributed by atoms with van der Waals surface area (Å²) < 4.78 is 14.0. The Bertz CT molecular complexity index is 601. The topological polar surface area (TPSA) is 38.0 Å². The first kappa shape index (κ1) is 13.2. The van der Waals surface area contributed by atoms with Crippen LogP contribution in [0, 0.1) is 9.39 Å². The van der Waals surface area contributed by atoms with Crippen LogP contribution in [0.4, 0.5) is 15.8 Å². The number of benzene rings is 2. The summed E-state index contributed by atoms with van der Waals surface area (Å²) in [5.74, 6) is -0.256. The van der Waals surface area contributed by atoms with Gasteiger partial charge < -0.3 is 11.1 Å². The molecule has 92 valence electrons. The van der Waals surface area contributed by atoms with E-state index in [-0.39, 0.29) is 5.82 Å². The van der Waals surface area contributed by atoms with Crippen LogP contribution in [0.2, 0.25) is 0 Å². The highest BCUT2D eigenvalue weighted by atomic mass is 127. The van der Waals surface area contributed by atoms with Gasteiger partial charge in [0.25, 0.3) is 0 Å². The number of para-hydroxylation sites is 1. The molecule has 0 atom stereocenters. The Hall–Kier alpha value is -1.21.